The molecule has 0 radical (unpaired) electrons. The Hall–Kier alpha value is -1.92. The van der Waals surface area contributed by atoms with E-state index in [0.29, 0.717) is 25.6 Å². The molecule has 2 atom stereocenters. The molecule has 0 bridgehead atoms. The Kier molecular flexibility index (Phi) is 7.05. The monoisotopic (exact) mass is 413 g/mol. The molecule has 3 aliphatic rings. The fourth-order valence-corrected chi connectivity index (χ4v) is 5.26. The highest BCUT2D eigenvalue weighted by Gasteiger charge is 2.37. The number of aryl methyl sites for hydroxylation is 1. The molecule has 0 spiro atoms. The van der Waals surface area contributed by atoms with Gasteiger partial charge in [0.2, 0.25) is 5.91 Å². The number of piperazine rings is 1. The van der Waals surface area contributed by atoms with Crippen LogP contribution >= 0.6 is 0 Å². The average molecular weight is 414 g/mol. The summed E-state index contributed by atoms with van der Waals surface area (Å²) in [5, 5.41) is 3.18. The summed E-state index contributed by atoms with van der Waals surface area (Å²) in [5.74, 6) is 0.678. The van der Waals surface area contributed by atoms with Crippen LogP contribution in [0.25, 0.3) is 0 Å². The summed E-state index contributed by atoms with van der Waals surface area (Å²) in [5.41, 5.74) is 1.80. The first-order valence-corrected chi connectivity index (χ1v) is 11.6. The molecule has 1 aromatic rings. The second-order valence-corrected chi connectivity index (χ2v) is 9.01. The van der Waals surface area contributed by atoms with Crippen LogP contribution in [0.4, 0.5) is 0 Å². The Labute approximate surface area is 179 Å². The lowest BCUT2D eigenvalue weighted by molar-refractivity contribution is -0.129. The highest BCUT2D eigenvalue weighted by molar-refractivity contribution is 5.95. The van der Waals surface area contributed by atoms with E-state index in [1.807, 2.05) is 36.1 Å². The first kappa shape index (κ1) is 21.3. The Morgan fingerprint density at radius 1 is 1.07 bits per heavy atom. The van der Waals surface area contributed by atoms with Gasteiger partial charge in [-0.25, -0.2) is 0 Å². The van der Waals surface area contributed by atoms with E-state index in [4.69, 9.17) is 4.74 Å². The number of amides is 2. The molecule has 2 unspecified atom stereocenters. The molecular weight excluding hydrogens is 378 g/mol. The van der Waals surface area contributed by atoms with Gasteiger partial charge < -0.3 is 15.0 Å². The number of rotatable bonds is 6. The van der Waals surface area contributed by atoms with Gasteiger partial charge in [0.05, 0.1) is 12.1 Å². The number of benzene rings is 1. The molecule has 2 aliphatic heterocycles. The van der Waals surface area contributed by atoms with Crippen LogP contribution in [0.3, 0.4) is 0 Å². The van der Waals surface area contributed by atoms with Gasteiger partial charge in [0, 0.05) is 44.9 Å². The van der Waals surface area contributed by atoms with E-state index in [1.165, 1.54) is 12.8 Å². The summed E-state index contributed by atoms with van der Waals surface area (Å²) >= 11 is 0. The minimum absolute atomic E-state index is 0.0791. The third-order valence-corrected chi connectivity index (χ3v) is 7.01. The molecule has 2 heterocycles. The number of nitrogens with zero attached hydrogens (tertiary/aromatic N) is 2. The molecule has 1 saturated carbocycles. The van der Waals surface area contributed by atoms with E-state index in [1.54, 1.807) is 0 Å². The Morgan fingerprint density at radius 3 is 2.47 bits per heavy atom. The van der Waals surface area contributed by atoms with Crippen LogP contribution in [0.2, 0.25) is 0 Å². The zero-order valence-electron chi connectivity index (χ0n) is 18.1. The smallest absolute Gasteiger partial charge is 0.254 e. The Bertz CT molecular complexity index is 733. The van der Waals surface area contributed by atoms with E-state index in [-0.39, 0.29) is 24.0 Å². The SMILES string of the molecule is Cc1ccccc1C(=O)N1CCN(C(C(=O)NCC2CCCO2)C2CCCC2)CC1. The number of hydrogen-bond acceptors (Lipinski definition) is 4. The van der Waals surface area contributed by atoms with Gasteiger partial charge in [-0.1, -0.05) is 31.0 Å². The zero-order chi connectivity index (χ0) is 20.9. The van der Waals surface area contributed by atoms with Crippen LogP contribution in [0.1, 0.15) is 54.4 Å². The first-order valence-electron chi connectivity index (χ1n) is 11.6. The lowest BCUT2D eigenvalue weighted by Crippen LogP contribution is -2.58. The van der Waals surface area contributed by atoms with Gasteiger partial charge >= 0.3 is 0 Å². The van der Waals surface area contributed by atoms with Crippen LogP contribution in [-0.2, 0) is 9.53 Å². The quantitative estimate of drug-likeness (QED) is 0.779. The molecule has 30 heavy (non-hydrogen) atoms. The lowest BCUT2D eigenvalue weighted by Gasteiger charge is -2.41. The number of hydrogen-bond donors (Lipinski definition) is 1. The minimum Gasteiger partial charge on any atom is -0.376 e. The molecule has 1 aromatic carbocycles. The Balaban J connectivity index is 1.37. The summed E-state index contributed by atoms with van der Waals surface area (Å²) < 4.78 is 5.67. The number of nitrogens with one attached hydrogen (secondary N) is 1. The van der Waals surface area contributed by atoms with Crippen molar-refractivity contribution in [3.8, 4) is 0 Å². The average Bonchev–Trinajstić information content (AvgIpc) is 3.47. The fraction of sp³-hybridized carbons (Fsp3) is 0.667. The maximum Gasteiger partial charge on any atom is 0.254 e. The maximum absolute atomic E-state index is 13.2. The van der Waals surface area contributed by atoms with Gasteiger partial charge in [0.25, 0.3) is 5.91 Å². The molecule has 1 aliphatic carbocycles. The summed E-state index contributed by atoms with van der Waals surface area (Å²) in [7, 11) is 0. The highest BCUT2D eigenvalue weighted by atomic mass is 16.5. The third kappa shape index (κ3) is 4.86. The van der Waals surface area contributed by atoms with Crippen molar-refractivity contribution in [1.29, 1.82) is 0 Å². The van der Waals surface area contributed by atoms with Crippen molar-refractivity contribution in [2.45, 2.75) is 57.6 Å². The first-order chi connectivity index (χ1) is 14.6. The number of carbonyl (C=O) groups excluding carboxylic acids is 2. The van der Waals surface area contributed by atoms with Crippen molar-refractivity contribution < 1.29 is 14.3 Å². The largest absolute Gasteiger partial charge is 0.376 e. The van der Waals surface area contributed by atoms with E-state index in [0.717, 1.165) is 56.5 Å². The van der Waals surface area contributed by atoms with E-state index in [2.05, 4.69) is 10.2 Å². The Morgan fingerprint density at radius 2 is 1.80 bits per heavy atom. The van der Waals surface area contributed by atoms with Crippen molar-refractivity contribution in [2.24, 2.45) is 5.92 Å². The normalized spacial score (nSPS) is 24.2. The summed E-state index contributed by atoms with van der Waals surface area (Å²) in [6.07, 6.45) is 6.97. The van der Waals surface area contributed by atoms with Crippen molar-refractivity contribution in [1.82, 2.24) is 15.1 Å². The summed E-state index contributed by atoms with van der Waals surface area (Å²) in [6.45, 7) is 6.28. The van der Waals surface area contributed by atoms with Gasteiger partial charge in [0.15, 0.2) is 0 Å². The van der Waals surface area contributed by atoms with Crippen molar-refractivity contribution in [3.05, 3.63) is 35.4 Å². The van der Waals surface area contributed by atoms with Gasteiger partial charge in [-0.2, -0.15) is 0 Å². The number of ether oxygens (including phenoxy) is 1. The molecule has 2 amide bonds. The minimum atomic E-state index is -0.0791. The summed E-state index contributed by atoms with van der Waals surface area (Å²) in [4.78, 5) is 30.4. The molecular formula is C24H35N3O3. The van der Waals surface area contributed by atoms with Gasteiger partial charge in [-0.05, 0) is 50.2 Å². The fourth-order valence-electron chi connectivity index (χ4n) is 5.26. The molecule has 164 valence electrons. The molecule has 6 nitrogen and oxygen atoms in total. The topological polar surface area (TPSA) is 61.9 Å². The van der Waals surface area contributed by atoms with E-state index < -0.39 is 0 Å². The van der Waals surface area contributed by atoms with E-state index in [9.17, 15) is 9.59 Å². The summed E-state index contributed by atoms with van der Waals surface area (Å²) in [6, 6.07) is 7.70. The predicted molar refractivity (Wildman–Crippen MR) is 116 cm³/mol. The molecule has 0 aromatic heterocycles. The molecule has 6 heteroatoms. The standard InChI is InChI=1S/C24H35N3O3/c1-18-7-2-5-11-21(18)24(29)27-14-12-26(13-15-27)22(19-8-3-4-9-19)23(28)25-17-20-10-6-16-30-20/h2,5,7,11,19-20,22H,3-4,6,8-10,12-17H2,1H3,(H,25,28). The van der Waals surface area contributed by atoms with Crippen LogP contribution in [0.15, 0.2) is 24.3 Å². The third-order valence-electron chi connectivity index (χ3n) is 7.01. The molecule has 2 saturated heterocycles. The highest BCUT2D eigenvalue weighted by Crippen LogP contribution is 2.31. The van der Waals surface area contributed by atoms with Crippen molar-refractivity contribution in [3.63, 3.8) is 0 Å². The maximum atomic E-state index is 13.2. The van der Waals surface area contributed by atoms with Crippen LogP contribution in [-0.4, -0.2) is 73.1 Å². The zero-order valence-corrected chi connectivity index (χ0v) is 18.1. The van der Waals surface area contributed by atoms with E-state index >= 15 is 0 Å². The van der Waals surface area contributed by atoms with Gasteiger partial charge in [0.1, 0.15) is 0 Å². The molecule has 3 fully saturated rings. The lowest BCUT2D eigenvalue weighted by atomic mass is 9.94. The predicted octanol–water partition coefficient (Wildman–Crippen LogP) is 2.61. The second-order valence-electron chi connectivity index (χ2n) is 9.01. The van der Waals surface area contributed by atoms with Gasteiger partial charge in [-0.15, -0.1) is 0 Å². The van der Waals surface area contributed by atoms with Gasteiger partial charge in [-0.3, -0.25) is 14.5 Å². The van der Waals surface area contributed by atoms with Crippen LogP contribution < -0.4 is 5.32 Å². The van der Waals surface area contributed by atoms with Crippen LogP contribution in [0, 0.1) is 12.8 Å². The second kappa shape index (κ2) is 9.92. The molecule has 4 rings (SSSR count). The molecule has 1 N–H and O–H groups in total. The van der Waals surface area contributed by atoms with Crippen molar-refractivity contribution in [2.75, 3.05) is 39.3 Å². The van der Waals surface area contributed by atoms with Crippen molar-refractivity contribution >= 4 is 11.8 Å². The van der Waals surface area contributed by atoms with Crippen LogP contribution in [0.5, 0.6) is 0 Å². The number of carbonyl (C=O) groups is 2.